The van der Waals surface area contributed by atoms with Crippen LogP contribution in [0, 0.1) is 13.8 Å². The smallest absolute Gasteiger partial charge is 0.263 e. The lowest BCUT2D eigenvalue weighted by molar-refractivity contribution is -0.121. The molecular formula is C21H20N4O2. The first kappa shape index (κ1) is 16.2. The zero-order valence-corrected chi connectivity index (χ0v) is 15.3. The maximum absolute atomic E-state index is 13.2. The highest BCUT2D eigenvalue weighted by molar-refractivity contribution is 6.26. The van der Waals surface area contributed by atoms with Gasteiger partial charge in [-0.05, 0) is 79.6 Å². The minimum absolute atomic E-state index is 0.258. The summed E-state index contributed by atoms with van der Waals surface area (Å²) in [5, 5.41) is 9.85. The maximum Gasteiger partial charge on any atom is 0.263 e. The molecule has 0 saturated carbocycles. The fraction of sp³-hybridized carbons (Fsp3) is 0.333. The zero-order chi connectivity index (χ0) is 18.7. The molecule has 2 aromatic rings. The van der Waals surface area contributed by atoms with Crippen LogP contribution in [-0.2, 0) is 22.4 Å². The van der Waals surface area contributed by atoms with Crippen LogP contribution in [0.3, 0.4) is 0 Å². The first-order chi connectivity index (χ1) is 13.0. The molecular weight excluding hydrogens is 340 g/mol. The summed E-state index contributed by atoms with van der Waals surface area (Å²) in [5.41, 5.74) is 6.26. The van der Waals surface area contributed by atoms with Crippen molar-refractivity contribution in [3.8, 4) is 0 Å². The Bertz CT molecular complexity index is 1010. The molecule has 2 amide bonds. The average molecular weight is 360 g/mol. The number of carbonyl (C=O) groups is 2. The van der Waals surface area contributed by atoms with Crippen molar-refractivity contribution >= 4 is 23.2 Å². The molecule has 2 aromatic carbocycles. The van der Waals surface area contributed by atoms with Crippen molar-refractivity contribution in [3.05, 3.63) is 58.7 Å². The highest BCUT2D eigenvalue weighted by atomic mass is 16.2. The molecule has 136 valence electrons. The Morgan fingerprint density at radius 3 is 2.48 bits per heavy atom. The second-order valence-corrected chi connectivity index (χ2v) is 7.53. The van der Waals surface area contributed by atoms with E-state index < -0.39 is 12.1 Å². The van der Waals surface area contributed by atoms with Crippen LogP contribution in [0.25, 0.3) is 0 Å². The summed E-state index contributed by atoms with van der Waals surface area (Å²) in [6.45, 7) is 4.05. The van der Waals surface area contributed by atoms with Gasteiger partial charge in [-0.1, -0.05) is 17.4 Å². The number of rotatable bonds is 2. The lowest BCUT2D eigenvalue weighted by Crippen LogP contribution is -2.40. The van der Waals surface area contributed by atoms with Gasteiger partial charge >= 0.3 is 0 Å². The van der Waals surface area contributed by atoms with Crippen LogP contribution < -0.4 is 9.91 Å². The largest absolute Gasteiger partial charge is 0.271 e. The van der Waals surface area contributed by atoms with Crippen LogP contribution in [0.4, 0.5) is 11.4 Å². The van der Waals surface area contributed by atoms with Gasteiger partial charge in [0.1, 0.15) is 0 Å². The molecule has 0 N–H and O–H groups in total. The van der Waals surface area contributed by atoms with E-state index in [1.54, 1.807) is 5.01 Å². The number of anilines is 2. The number of carbonyl (C=O) groups excluding carboxylic acids is 2. The van der Waals surface area contributed by atoms with E-state index in [4.69, 9.17) is 0 Å². The number of nitrogens with zero attached hydrogens (tertiary/aromatic N) is 4. The topological polar surface area (TPSA) is 65.3 Å². The summed E-state index contributed by atoms with van der Waals surface area (Å²) >= 11 is 0. The van der Waals surface area contributed by atoms with Gasteiger partial charge in [0.05, 0.1) is 11.4 Å². The predicted molar refractivity (Wildman–Crippen MR) is 102 cm³/mol. The molecule has 1 fully saturated rings. The Labute approximate surface area is 157 Å². The van der Waals surface area contributed by atoms with Crippen LogP contribution in [0.5, 0.6) is 0 Å². The van der Waals surface area contributed by atoms with E-state index in [0.717, 1.165) is 30.5 Å². The molecule has 1 aliphatic carbocycles. The highest BCUT2D eigenvalue weighted by Crippen LogP contribution is 2.36. The third-order valence-electron chi connectivity index (χ3n) is 5.88. The molecule has 0 spiro atoms. The van der Waals surface area contributed by atoms with E-state index in [1.165, 1.54) is 21.6 Å². The van der Waals surface area contributed by atoms with Gasteiger partial charge < -0.3 is 0 Å². The number of hydrogen-bond donors (Lipinski definition) is 0. The van der Waals surface area contributed by atoms with Gasteiger partial charge in [0.2, 0.25) is 0 Å². The van der Waals surface area contributed by atoms with Gasteiger partial charge in [0.15, 0.2) is 12.1 Å². The van der Waals surface area contributed by atoms with Gasteiger partial charge in [0, 0.05) is 0 Å². The van der Waals surface area contributed by atoms with Gasteiger partial charge in [-0.15, -0.1) is 0 Å². The molecule has 0 unspecified atom stereocenters. The lowest BCUT2D eigenvalue weighted by atomic mass is 10.1. The maximum atomic E-state index is 13.2. The predicted octanol–water partition coefficient (Wildman–Crippen LogP) is 3.29. The van der Waals surface area contributed by atoms with E-state index in [0.29, 0.717) is 5.69 Å². The van der Waals surface area contributed by atoms with E-state index in [9.17, 15) is 9.59 Å². The Balaban J connectivity index is 1.50. The normalized spacial score (nSPS) is 23.3. The number of aryl methyl sites for hydroxylation is 4. The molecule has 5 rings (SSSR count). The van der Waals surface area contributed by atoms with E-state index in [-0.39, 0.29) is 11.8 Å². The van der Waals surface area contributed by atoms with Gasteiger partial charge in [0.25, 0.3) is 11.8 Å². The van der Waals surface area contributed by atoms with Crippen LogP contribution in [0.15, 0.2) is 46.7 Å². The zero-order valence-electron chi connectivity index (χ0n) is 15.3. The summed E-state index contributed by atoms with van der Waals surface area (Å²) in [4.78, 5) is 27.4. The SMILES string of the molecule is Cc1ccc(N2N=N[C@H]3C(=O)N(c4ccc5c(c4)CCC5)C(=O)[C@H]32)cc1C. The molecule has 6 heteroatoms. The average Bonchev–Trinajstić information content (AvgIpc) is 3.34. The minimum atomic E-state index is -0.771. The fourth-order valence-electron chi connectivity index (χ4n) is 4.19. The van der Waals surface area contributed by atoms with Crippen molar-refractivity contribution in [2.24, 2.45) is 10.3 Å². The van der Waals surface area contributed by atoms with Crippen molar-refractivity contribution in [1.82, 2.24) is 0 Å². The minimum Gasteiger partial charge on any atom is -0.271 e. The molecule has 3 aliphatic rings. The molecule has 2 atom stereocenters. The molecule has 2 aliphatic heterocycles. The standard InChI is InChI=1S/C21H20N4O2/c1-12-6-8-17(10-13(12)2)25-19-18(22-23-25)20(26)24(21(19)27)16-9-7-14-4-3-5-15(14)11-16/h6-11,18-19H,3-5H2,1-2H3/t18-,19+/m1/s1. The number of benzene rings is 2. The third kappa shape index (κ3) is 2.32. The molecule has 27 heavy (non-hydrogen) atoms. The molecule has 1 saturated heterocycles. The Morgan fingerprint density at radius 2 is 1.67 bits per heavy atom. The van der Waals surface area contributed by atoms with Gasteiger partial charge in [-0.25, -0.2) is 9.91 Å². The molecule has 0 radical (unpaired) electrons. The van der Waals surface area contributed by atoms with Crippen LogP contribution in [0.2, 0.25) is 0 Å². The third-order valence-corrected chi connectivity index (χ3v) is 5.88. The molecule has 0 aromatic heterocycles. The van der Waals surface area contributed by atoms with Gasteiger partial charge in [-0.3, -0.25) is 9.59 Å². The summed E-state index contributed by atoms with van der Waals surface area (Å²) in [6, 6.07) is 10.3. The second-order valence-electron chi connectivity index (χ2n) is 7.53. The van der Waals surface area contributed by atoms with Crippen molar-refractivity contribution in [2.45, 2.75) is 45.2 Å². The highest BCUT2D eigenvalue weighted by Gasteiger charge is 2.55. The van der Waals surface area contributed by atoms with Crippen LogP contribution in [0.1, 0.15) is 28.7 Å². The molecule has 0 bridgehead atoms. The quantitative estimate of drug-likeness (QED) is 0.772. The fourth-order valence-corrected chi connectivity index (χ4v) is 4.19. The Kier molecular flexibility index (Phi) is 3.44. The van der Waals surface area contributed by atoms with Crippen LogP contribution >= 0.6 is 0 Å². The molecule has 6 nitrogen and oxygen atoms in total. The van der Waals surface area contributed by atoms with Crippen molar-refractivity contribution in [1.29, 1.82) is 0 Å². The van der Waals surface area contributed by atoms with Crippen molar-refractivity contribution in [2.75, 3.05) is 9.91 Å². The number of amides is 2. The summed E-state index contributed by atoms with van der Waals surface area (Å²) in [6.07, 6.45) is 3.19. The first-order valence-electron chi connectivity index (χ1n) is 9.31. The van der Waals surface area contributed by atoms with Gasteiger partial charge in [-0.2, -0.15) is 5.11 Å². The number of hydrogen-bond acceptors (Lipinski definition) is 5. The Morgan fingerprint density at radius 1 is 0.889 bits per heavy atom. The lowest BCUT2D eigenvalue weighted by Gasteiger charge is -2.21. The number of imide groups is 1. The van der Waals surface area contributed by atoms with Crippen LogP contribution in [-0.4, -0.2) is 23.9 Å². The summed E-state index contributed by atoms with van der Waals surface area (Å²) in [5.74, 6) is -0.552. The Hall–Kier alpha value is -3.02. The van der Waals surface area contributed by atoms with E-state index >= 15 is 0 Å². The van der Waals surface area contributed by atoms with Crippen molar-refractivity contribution < 1.29 is 9.59 Å². The van der Waals surface area contributed by atoms with Crippen molar-refractivity contribution in [3.63, 3.8) is 0 Å². The van der Waals surface area contributed by atoms with E-state index in [1.807, 2.05) is 50.2 Å². The molecule has 2 heterocycles. The monoisotopic (exact) mass is 360 g/mol. The summed E-state index contributed by atoms with van der Waals surface area (Å²) < 4.78 is 0. The number of fused-ring (bicyclic) bond motifs is 2. The summed E-state index contributed by atoms with van der Waals surface area (Å²) in [7, 11) is 0. The first-order valence-corrected chi connectivity index (χ1v) is 9.31. The second kappa shape index (κ2) is 5.74. The van der Waals surface area contributed by atoms with E-state index in [2.05, 4.69) is 10.3 Å².